The fourth-order valence-corrected chi connectivity index (χ4v) is 0.657. The van der Waals surface area contributed by atoms with Crippen molar-refractivity contribution in [3.8, 4) is 6.01 Å². The van der Waals surface area contributed by atoms with Crippen molar-refractivity contribution in [1.29, 1.82) is 0 Å². The monoisotopic (exact) mass is 256 g/mol. The highest BCUT2D eigenvalue weighted by Crippen LogP contribution is 2.06. The van der Waals surface area contributed by atoms with Crippen LogP contribution in [0.5, 0.6) is 6.01 Å². The maximum absolute atomic E-state index is 10.3. The Labute approximate surface area is 96.0 Å². The van der Waals surface area contributed by atoms with Crippen LogP contribution in [0, 0.1) is 0 Å². The highest BCUT2D eigenvalue weighted by Gasteiger charge is 1.92. The van der Waals surface area contributed by atoms with Crippen LogP contribution in [0.25, 0.3) is 0 Å². The summed E-state index contributed by atoms with van der Waals surface area (Å²) in [5.41, 5.74) is 1.47. The summed E-state index contributed by atoms with van der Waals surface area (Å²) < 4.78 is 1.77. The van der Waals surface area contributed by atoms with E-state index in [-0.39, 0.29) is 10.6 Å². The standard InChI is InChI=1S/C3HCl2N3O.C3H7ClN/c4-1-6-2(5)8-3(9)7-1;1-5(2)3-4/h(H,6,7,8,9);3H,1-2H3/q;+1/p-1. The van der Waals surface area contributed by atoms with E-state index in [2.05, 4.69) is 15.0 Å². The first-order chi connectivity index (χ1) is 6.45. The minimum absolute atomic E-state index is 0.181. The van der Waals surface area contributed by atoms with Gasteiger partial charge in [0, 0.05) is 0 Å². The molecule has 0 radical (unpaired) electrons. The number of hydrogen-bond donors (Lipinski definition) is 0. The minimum Gasteiger partial charge on any atom is -0.844 e. The molecule has 0 aromatic carbocycles. The second-order valence-electron chi connectivity index (χ2n) is 2.22. The zero-order chi connectivity index (χ0) is 11.1. The fourth-order valence-electron chi connectivity index (χ4n) is 0.309. The van der Waals surface area contributed by atoms with Crippen LogP contribution in [0.2, 0.25) is 10.6 Å². The van der Waals surface area contributed by atoms with Gasteiger partial charge in [-0.3, -0.25) is 0 Å². The summed E-state index contributed by atoms with van der Waals surface area (Å²) >= 11 is 15.5. The SMILES string of the molecule is C[N+](C)=CCl.[O-]c1nc(Cl)nc(Cl)n1. The number of nitrogens with zero attached hydrogens (tertiary/aromatic N) is 4. The molecule has 0 saturated carbocycles. The van der Waals surface area contributed by atoms with Crippen LogP contribution >= 0.6 is 34.8 Å². The fraction of sp³-hybridized carbons (Fsp3) is 0.333. The van der Waals surface area contributed by atoms with Crippen LogP contribution in [-0.4, -0.2) is 39.3 Å². The summed E-state index contributed by atoms with van der Waals surface area (Å²) in [5.74, 6) is 0. The lowest BCUT2D eigenvalue weighted by Crippen LogP contribution is -1.99. The quantitative estimate of drug-likeness (QED) is 0.509. The molecule has 0 N–H and O–H groups in total. The number of halogens is 3. The Morgan fingerprint density at radius 1 is 1.14 bits per heavy atom. The van der Waals surface area contributed by atoms with Crippen LogP contribution < -0.4 is 5.11 Å². The van der Waals surface area contributed by atoms with Crippen LogP contribution in [0.3, 0.4) is 0 Å². The molecular weight excluding hydrogens is 250 g/mol. The van der Waals surface area contributed by atoms with Crippen LogP contribution in [0.15, 0.2) is 0 Å². The van der Waals surface area contributed by atoms with Crippen molar-refractivity contribution in [3.63, 3.8) is 0 Å². The molecule has 0 aliphatic heterocycles. The van der Waals surface area contributed by atoms with Gasteiger partial charge in [-0.05, 0) is 34.8 Å². The molecule has 0 unspecified atom stereocenters. The molecule has 0 amide bonds. The molecule has 0 aliphatic rings. The van der Waals surface area contributed by atoms with E-state index in [4.69, 9.17) is 34.8 Å². The summed E-state index contributed by atoms with van der Waals surface area (Å²) in [6, 6.07) is -0.722. The molecule has 1 heterocycles. The normalized spacial score (nSPS) is 8.64. The van der Waals surface area contributed by atoms with E-state index < -0.39 is 6.01 Å². The summed E-state index contributed by atoms with van der Waals surface area (Å²) in [6.45, 7) is 0. The maximum atomic E-state index is 10.3. The van der Waals surface area contributed by atoms with E-state index in [0.717, 1.165) is 0 Å². The molecule has 1 aromatic heterocycles. The topological polar surface area (TPSA) is 64.7 Å². The van der Waals surface area contributed by atoms with Crippen molar-refractivity contribution in [1.82, 2.24) is 15.0 Å². The second kappa shape index (κ2) is 6.75. The van der Waals surface area contributed by atoms with Crippen LogP contribution in [0.1, 0.15) is 0 Å². The molecule has 0 aliphatic carbocycles. The lowest BCUT2D eigenvalue weighted by Gasteiger charge is -1.99. The second-order valence-corrected chi connectivity index (χ2v) is 3.09. The Kier molecular flexibility index (Phi) is 6.44. The van der Waals surface area contributed by atoms with E-state index in [9.17, 15) is 5.11 Å². The largest absolute Gasteiger partial charge is 0.844 e. The van der Waals surface area contributed by atoms with Gasteiger partial charge in [-0.1, -0.05) is 0 Å². The van der Waals surface area contributed by atoms with Crippen molar-refractivity contribution < 1.29 is 9.68 Å². The third-order valence-electron chi connectivity index (χ3n) is 0.755. The Hall–Kier alpha value is -0.650. The van der Waals surface area contributed by atoms with E-state index in [1.54, 1.807) is 4.58 Å². The van der Waals surface area contributed by atoms with Gasteiger partial charge < -0.3 is 5.11 Å². The molecular formula is C6H7Cl3N4O. The molecule has 0 saturated heterocycles. The first kappa shape index (κ1) is 13.4. The highest BCUT2D eigenvalue weighted by molar-refractivity contribution is 6.54. The van der Waals surface area contributed by atoms with Crippen molar-refractivity contribution in [2.24, 2.45) is 0 Å². The summed E-state index contributed by atoms with van der Waals surface area (Å²) in [6.07, 6.45) is 0. The van der Waals surface area contributed by atoms with Gasteiger partial charge in [-0.2, -0.15) is 4.98 Å². The van der Waals surface area contributed by atoms with Crippen molar-refractivity contribution in [2.45, 2.75) is 0 Å². The van der Waals surface area contributed by atoms with Gasteiger partial charge in [0.05, 0.1) is 6.01 Å². The minimum atomic E-state index is -0.722. The van der Waals surface area contributed by atoms with E-state index in [1.165, 1.54) is 5.67 Å². The third kappa shape index (κ3) is 6.82. The van der Waals surface area contributed by atoms with Gasteiger partial charge in [-0.15, -0.1) is 0 Å². The van der Waals surface area contributed by atoms with Crippen LogP contribution in [0.4, 0.5) is 0 Å². The smallest absolute Gasteiger partial charge is 0.232 e. The zero-order valence-corrected chi connectivity index (χ0v) is 9.68. The van der Waals surface area contributed by atoms with Crippen molar-refractivity contribution in [3.05, 3.63) is 10.6 Å². The predicted octanol–water partition coefficient (Wildman–Crippen LogP) is 0.778. The molecule has 1 aromatic rings. The lowest BCUT2D eigenvalue weighted by molar-refractivity contribution is -0.457. The summed E-state index contributed by atoms with van der Waals surface area (Å²) in [7, 11) is 3.74. The maximum Gasteiger partial charge on any atom is 0.232 e. The molecule has 5 nitrogen and oxygen atoms in total. The average molecular weight is 258 g/mol. The van der Waals surface area contributed by atoms with E-state index in [1.807, 2.05) is 14.1 Å². The van der Waals surface area contributed by atoms with Gasteiger partial charge >= 0.3 is 0 Å². The Bertz CT molecular complexity index is 276. The van der Waals surface area contributed by atoms with Crippen LogP contribution in [-0.2, 0) is 0 Å². The lowest BCUT2D eigenvalue weighted by atomic mass is 11.0. The van der Waals surface area contributed by atoms with Gasteiger partial charge in [0.25, 0.3) is 0 Å². The molecule has 8 heteroatoms. The Morgan fingerprint density at radius 2 is 1.50 bits per heavy atom. The zero-order valence-electron chi connectivity index (χ0n) is 7.41. The third-order valence-corrected chi connectivity index (χ3v) is 1.48. The van der Waals surface area contributed by atoms with Gasteiger partial charge in [0.1, 0.15) is 14.1 Å². The number of hydrogen-bond acceptors (Lipinski definition) is 4. The average Bonchev–Trinajstić information content (AvgIpc) is 2.02. The van der Waals surface area contributed by atoms with E-state index in [0.29, 0.717) is 0 Å². The number of rotatable bonds is 0. The molecule has 0 bridgehead atoms. The predicted molar refractivity (Wildman–Crippen MR) is 53.3 cm³/mol. The van der Waals surface area contributed by atoms with Gasteiger partial charge in [0.2, 0.25) is 16.2 Å². The van der Waals surface area contributed by atoms with Crippen molar-refractivity contribution in [2.75, 3.05) is 14.1 Å². The number of aromatic nitrogens is 3. The molecule has 0 spiro atoms. The summed E-state index contributed by atoms with van der Waals surface area (Å²) in [5, 5.41) is 9.92. The van der Waals surface area contributed by atoms with Gasteiger partial charge in [0.15, 0.2) is 0 Å². The summed E-state index contributed by atoms with van der Waals surface area (Å²) in [4.78, 5) is 9.62. The van der Waals surface area contributed by atoms with Crippen molar-refractivity contribution >= 4 is 40.5 Å². The van der Waals surface area contributed by atoms with Gasteiger partial charge in [-0.25, -0.2) is 14.5 Å². The Balaban J connectivity index is 0.000000292. The molecule has 0 atom stereocenters. The molecule has 1 rings (SSSR count). The first-order valence-corrected chi connectivity index (χ1v) is 4.49. The molecule has 78 valence electrons. The van der Waals surface area contributed by atoms with E-state index >= 15 is 0 Å². The highest BCUT2D eigenvalue weighted by atomic mass is 35.5. The first-order valence-electron chi connectivity index (χ1n) is 3.29. The Morgan fingerprint density at radius 3 is 1.71 bits per heavy atom. The molecule has 14 heavy (non-hydrogen) atoms. The molecule has 0 fully saturated rings.